The zero-order valence-electron chi connectivity index (χ0n) is 10.9. The molecule has 0 bridgehead atoms. The average molecular weight is 240 g/mol. The number of nitrogens with two attached hydrogens (primary N) is 1. The minimum Gasteiger partial charge on any atom is -0.468 e. The van der Waals surface area contributed by atoms with E-state index in [9.17, 15) is 4.79 Å². The molecular formula is C13H24N2O2. The Balaban J connectivity index is 1.96. The molecule has 2 unspecified atom stereocenters. The number of hydrogen-bond donors (Lipinski definition) is 1. The molecule has 1 heterocycles. The van der Waals surface area contributed by atoms with Gasteiger partial charge < -0.3 is 15.4 Å². The van der Waals surface area contributed by atoms with Gasteiger partial charge >= 0.3 is 5.97 Å². The van der Waals surface area contributed by atoms with Crippen LogP contribution in [0.25, 0.3) is 0 Å². The lowest BCUT2D eigenvalue weighted by Crippen LogP contribution is -2.58. The summed E-state index contributed by atoms with van der Waals surface area (Å²) in [4.78, 5) is 14.2. The van der Waals surface area contributed by atoms with Crippen LogP contribution in [0.3, 0.4) is 0 Å². The third-order valence-corrected chi connectivity index (χ3v) is 4.30. The van der Waals surface area contributed by atoms with Crippen LogP contribution >= 0.6 is 0 Å². The molecular weight excluding hydrogens is 216 g/mol. The average Bonchev–Trinajstić information content (AvgIpc) is 3.10. The Kier molecular flexibility index (Phi) is 3.73. The van der Waals surface area contributed by atoms with Crippen LogP contribution in [0.1, 0.15) is 32.6 Å². The smallest absolute Gasteiger partial charge is 0.327 e. The van der Waals surface area contributed by atoms with E-state index < -0.39 is 5.54 Å². The fourth-order valence-electron chi connectivity index (χ4n) is 2.91. The number of ether oxygens (including phenoxy) is 1. The minimum atomic E-state index is -0.766. The van der Waals surface area contributed by atoms with Crippen LogP contribution in [0.15, 0.2) is 0 Å². The maximum Gasteiger partial charge on any atom is 0.327 e. The molecule has 1 aliphatic heterocycles. The Morgan fingerprint density at radius 1 is 1.47 bits per heavy atom. The summed E-state index contributed by atoms with van der Waals surface area (Å²) in [5.74, 6) is 0.867. The Hall–Kier alpha value is -0.610. The summed E-state index contributed by atoms with van der Waals surface area (Å²) < 4.78 is 4.89. The van der Waals surface area contributed by atoms with Crippen LogP contribution in [0.5, 0.6) is 0 Å². The zero-order valence-corrected chi connectivity index (χ0v) is 10.9. The van der Waals surface area contributed by atoms with Crippen molar-refractivity contribution in [3.05, 3.63) is 0 Å². The molecule has 0 spiro atoms. The molecule has 1 saturated heterocycles. The molecule has 2 aliphatic rings. The number of likely N-dealkylation sites (tertiary alicyclic amines) is 1. The lowest BCUT2D eigenvalue weighted by Gasteiger charge is -2.31. The van der Waals surface area contributed by atoms with Gasteiger partial charge in [-0.15, -0.1) is 0 Å². The first-order chi connectivity index (χ1) is 8.10. The van der Waals surface area contributed by atoms with E-state index >= 15 is 0 Å². The van der Waals surface area contributed by atoms with Gasteiger partial charge in [-0.1, -0.05) is 13.3 Å². The van der Waals surface area contributed by atoms with Crippen LogP contribution in [0, 0.1) is 11.8 Å². The van der Waals surface area contributed by atoms with Crippen molar-refractivity contribution in [2.24, 2.45) is 17.6 Å². The lowest BCUT2D eigenvalue weighted by atomic mass is 9.94. The summed E-state index contributed by atoms with van der Waals surface area (Å²) in [6, 6.07) is 0. The number of rotatable bonds is 5. The maximum atomic E-state index is 11.9. The highest BCUT2D eigenvalue weighted by atomic mass is 16.5. The van der Waals surface area contributed by atoms with Gasteiger partial charge in [0, 0.05) is 13.1 Å². The maximum absolute atomic E-state index is 11.9. The second-order valence-electron chi connectivity index (χ2n) is 5.60. The quantitative estimate of drug-likeness (QED) is 0.728. The molecule has 2 rings (SSSR count). The number of hydrogen-bond acceptors (Lipinski definition) is 4. The molecule has 1 saturated carbocycles. The van der Waals surface area contributed by atoms with Gasteiger partial charge in [-0.3, -0.25) is 4.79 Å². The Morgan fingerprint density at radius 2 is 2.18 bits per heavy atom. The molecule has 2 fully saturated rings. The van der Waals surface area contributed by atoms with Crippen molar-refractivity contribution in [1.82, 2.24) is 4.90 Å². The van der Waals surface area contributed by atoms with Gasteiger partial charge in [0.2, 0.25) is 0 Å². The van der Waals surface area contributed by atoms with E-state index in [-0.39, 0.29) is 5.97 Å². The van der Waals surface area contributed by atoms with E-state index in [1.165, 1.54) is 20.0 Å². The molecule has 2 N–H and O–H groups in total. The van der Waals surface area contributed by atoms with Crippen molar-refractivity contribution < 1.29 is 9.53 Å². The fourth-order valence-corrected chi connectivity index (χ4v) is 2.91. The second kappa shape index (κ2) is 4.94. The predicted octanol–water partition coefficient (Wildman–Crippen LogP) is 0.999. The summed E-state index contributed by atoms with van der Waals surface area (Å²) in [5.41, 5.74) is 5.54. The molecule has 0 aromatic rings. The lowest BCUT2D eigenvalue weighted by molar-refractivity contribution is -0.148. The molecule has 0 aromatic heterocycles. The van der Waals surface area contributed by atoms with E-state index in [0.29, 0.717) is 12.5 Å². The third kappa shape index (κ3) is 2.63. The molecule has 4 nitrogen and oxygen atoms in total. The van der Waals surface area contributed by atoms with Crippen LogP contribution in [0.4, 0.5) is 0 Å². The number of nitrogens with zero attached hydrogens (tertiary/aromatic N) is 1. The van der Waals surface area contributed by atoms with Crippen LogP contribution in [-0.4, -0.2) is 43.2 Å². The Morgan fingerprint density at radius 3 is 2.65 bits per heavy atom. The highest BCUT2D eigenvalue weighted by Gasteiger charge is 2.50. The van der Waals surface area contributed by atoms with Gasteiger partial charge in [-0.2, -0.15) is 0 Å². The highest BCUT2D eigenvalue weighted by Crippen LogP contribution is 2.40. The van der Waals surface area contributed by atoms with E-state index in [1.807, 2.05) is 0 Å². The van der Waals surface area contributed by atoms with Crippen molar-refractivity contribution in [3.8, 4) is 0 Å². The van der Waals surface area contributed by atoms with Gasteiger partial charge in [-0.05, 0) is 37.6 Å². The molecule has 17 heavy (non-hydrogen) atoms. The number of carbonyl (C=O) groups is 1. The van der Waals surface area contributed by atoms with Gasteiger partial charge in [0.1, 0.15) is 5.54 Å². The predicted molar refractivity (Wildman–Crippen MR) is 66.5 cm³/mol. The fraction of sp³-hybridized carbons (Fsp3) is 0.923. The van der Waals surface area contributed by atoms with Crippen molar-refractivity contribution in [1.29, 1.82) is 0 Å². The van der Waals surface area contributed by atoms with Gasteiger partial charge in [-0.25, -0.2) is 0 Å². The first-order valence-corrected chi connectivity index (χ1v) is 6.69. The number of carbonyl (C=O) groups excluding carboxylic acids is 1. The Bertz CT molecular complexity index is 291. The monoisotopic (exact) mass is 240 g/mol. The Labute approximate surface area is 103 Å². The van der Waals surface area contributed by atoms with E-state index in [0.717, 1.165) is 31.8 Å². The van der Waals surface area contributed by atoms with Crippen molar-refractivity contribution in [3.63, 3.8) is 0 Å². The van der Waals surface area contributed by atoms with Gasteiger partial charge in [0.15, 0.2) is 0 Å². The first kappa shape index (κ1) is 12.8. The first-order valence-electron chi connectivity index (χ1n) is 6.69. The molecule has 0 radical (unpaired) electrons. The number of methoxy groups -OCH3 is 1. The van der Waals surface area contributed by atoms with E-state index in [1.54, 1.807) is 0 Å². The molecule has 2 atom stereocenters. The van der Waals surface area contributed by atoms with E-state index in [2.05, 4.69) is 11.8 Å². The normalized spacial score (nSPS) is 29.0. The molecule has 4 heteroatoms. The summed E-state index contributed by atoms with van der Waals surface area (Å²) in [7, 11) is 1.44. The van der Waals surface area contributed by atoms with E-state index in [4.69, 9.17) is 10.5 Å². The van der Waals surface area contributed by atoms with Crippen LogP contribution < -0.4 is 5.73 Å². The van der Waals surface area contributed by atoms with Crippen molar-refractivity contribution in [2.75, 3.05) is 26.7 Å². The summed E-state index contributed by atoms with van der Waals surface area (Å²) >= 11 is 0. The van der Waals surface area contributed by atoms with Gasteiger partial charge in [0.05, 0.1) is 7.11 Å². The second-order valence-corrected chi connectivity index (χ2v) is 5.60. The summed E-state index contributed by atoms with van der Waals surface area (Å²) in [6.45, 7) is 5.05. The molecule has 98 valence electrons. The van der Waals surface area contributed by atoms with Crippen LogP contribution in [-0.2, 0) is 9.53 Å². The van der Waals surface area contributed by atoms with Crippen molar-refractivity contribution >= 4 is 5.97 Å². The third-order valence-electron chi connectivity index (χ3n) is 4.30. The SMILES string of the molecule is CCC1CCN(CC(N)(C(=O)OC)C2CC2)C1. The number of esters is 1. The van der Waals surface area contributed by atoms with Crippen molar-refractivity contribution in [2.45, 2.75) is 38.1 Å². The van der Waals surface area contributed by atoms with Crippen LogP contribution in [0.2, 0.25) is 0 Å². The largest absolute Gasteiger partial charge is 0.468 e. The minimum absolute atomic E-state index is 0.236. The standard InChI is InChI=1S/C13H24N2O2/c1-3-10-6-7-15(8-10)9-13(14,11-4-5-11)12(16)17-2/h10-11H,3-9,14H2,1-2H3. The van der Waals surface area contributed by atoms with Gasteiger partial charge in [0.25, 0.3) is 0 Å². The topological polar surface area (TPSA) is 55.6 Å². The molecule has 0 amide bonds. The summed E-state index contributed by atoms with van der Waals surface area (Å²) in [5, 5.41) is 0. The molecule has 1 aliphatic carbocycles. The zero-order chi connectivity index (χ0) is 12.5. The highest BCUT2D eigenvalue weighted by molar-refractivity contribution is 5.81. The summed E-state index contributed by atoms with van der Waals surface area (Å²) in [6.07, 6.45) is 4.58. The molecule has 0 aromatic carbocycles.